The highest BCUT2D eigenvalue weighted by molar-refractivity contribution is 6.02. The van der Waals surface area contributed by atoms with Crippen molar-refractivity contribution in [3.05, 3.63) is 47.5 Å². The molecule has 30 heavy (non-hydrogen) atoms. The van der Waals surface area contributed by atoms with Gasteiger partial charge in [0.1, 0.15) is 6.61 Å². The summed E-state index contributed by atoms with van der Waals surface area (Å²) in [5, 5.41) is 20.1. The molecule has 162 valence electrons. The van der Waals surface area contributed by atoms with E-state index in [-0.39, 0.29) is 18.9 Å². The van der Waals surface area contributed by atoms with Crippen molar-refractivity contribution in [2.24, 2.45) is 22.5 Å². The monoisotopic (exact) mass is 415 g/mol. The van der Waals surface area contributed by atoms with Gasteiger partial charge in [0, 0.05) is 0 Å². The van der Waals surface area contributed by atoms with Crippen molar-refractivity contribution in [2.45, 2.75) is 58.1 Å². The lowest BCUT2D eigenvalue weighted by molar-refractivity contribution is -0.176. The van der Waals surface area contributed by atoms with Crippen molar-refractivity contribution in [3.8, 4) is 0 Å². The Labute approximate surface area is 175 Å². The fraction of sp³-hybridized carbons (Fsp3) is 0.522. The van der Waals surface area contributed by atoms with Gasteiger partial charge in [0.25, 0.3) is 0 Å². The van der Waals surface area contributed by atoms with Crippen molar-refractivity contribution < 1.29 is 29.3 Å². The zero-order valence-corrected chi connectivity index (χ0v) is 17.2. The molecular formula is C23H29NO6. The van der Waals surface area contributed by atoms with Crippen LogP contribution in [0.25, 0.3) is 0 Å². The molecule has 0 aromatic heterocycles. The molecule has 4 N–H and O–H groups in total. The summed E-state index contributed by atoms with van der Waals surface area (Å²) in [6, 6.07) is 7.45. The predicted molar refractivity (Wildman–Crippen MR) is 109 cm³/mol. The first-order valence-electron chi connectivity index (χ1n) is 10.4. The lowest BCUT2D eigenvalue weighted by Crippen LogP contribution is -2.64. The second-order valence-corrected chi connectivity index (χ2v) is 8.63. The van der Waals surface area contributed by atoms with Crippen LogP contribution >= 0.6 is 0 Å². The van der Waals surface area contributed by atoms with Crippen molar-refractivity contribution in [2.75, 3.05) is 0 Å². The Kier molecular flexibility index (Phi) is 6.31. The molecule has 1 saturated carbocycles. The van der Waals surface area contributed by atoms with Crippen molar-refractivity contribution in [1.29, 1.82) is 0 Å². The summed E-state index contributed by atoms with van der Waals surface area (Å²) < 4.78 is 5.39. The van der Waals surface area contributed by atoms with Crippen LogP contribution in [-0.2, 0) is 25.7 Å². The van der Waals surface area contributed by atoms with Crippen LogP contribution in [0, 0.1) is 16.7 Å². The van der Waals surface area contributed by atoms with Crippen LogP contribution in [0.5, 0.6) is 0 Å². The van der Waals surface area contributed by atoms with E-state index in [2.05, 4.69) is 0 Å². The maximum atomic E-state index is 13.2. The molecule has 3 unspecified atom stereocenters. The fourth-order valence-corrected chi connectivity index (χ4v) is 4.75. The number of rotatable bonds is 6. The van der Waals surface area contributed by atoms with E-state index < -0.39 is 34.8 Å². The summed E-state index contributed by atoms with van der Waals surface area (Å²) in [6.07, 6.45) is 6.28. The topological polar surface area (TPSA) is 127 Å². The third kappa shape index (κ3) is 3.86. The first-order chi connectivity index (χ1) is 14.2. The van der Waals surface area contributed by atoms with Crippen LogP contribution in [0.15, 0.2) is 42.0 Å². The molecule has 2 aliphatic rings. The van der Waals surface area contributed by atoms with E-state index in [0.717, 1.165) is 32.1 Å². The summed E-state index contributed by atoms with van der Waals surface area (Å²) in [5.74, 6) is -3.61. The average Bonchev–Trinajstić information content (AvgIpc) is 2.75. The zero-order valence-electron chi connectivity index (χ0n) is 17.2. The Hall–Kier alpha value is -2.67. The Morgan fingerprint density at radius 2 is 1.70 bits per heavy atom. The number of hydrogen-bond donors (Lipinski definition) is 3. The van der Waals surface area contributed by atoms with Gasteiger partial charge in [0.2, 0.25) is 0 Å². The van der Waals surface area contributed by atoms with E-state index in [1.54, 1.807) is 30.3 Å². The third-order valence-corrected chi connectivity index (χ3v) is 6.69. The highest BCUT2D eigenvalue weighted by Crippen LogP contribution is 2.49. The van der Waals surface area contributed by atoms with E-state index in [1.165, 1.54) is 6.92 Å². The van der Waals surface area contributed by atoms with E-state index in [9.17, 15) is 24.6 Å². The molecule has 7 nitrogen and oxygen atoms in total. The van der Waals surface area contributed by atoms with Gasteiger partial charge in [0.05, 0.1) is 11.5 Å². The minimum absolute atomic E-state index is 0.0607. The first-order valence-corrected chi connectivity index (χ1v) is 10.4. The van der Waals surface area contributed by atoms with Gasteiger partial charge < -0.3 is 20.7 Å². The molecule has 2 aliphatic carbocycles. The zero-order chi connectivity index (χ0) is 21.9. The number of aliphatic carboxylic acids is 2. The summed E-state index contributed by atoms with van der Waals surface area (Å²) in [4.78, 5) is 37.8. The molecule has 0 saturated heterocycles. The second kappa shape index (κ2) is 8.60. The third-order valence-electron chi connectivity index (χ3n) is 6.69. The van der Waals surface area contributed by atoms with Crippen LogP contribution in [0.4, 0.5) is 0 Å². The van der Waals surface area contributed by atoms with E-state index in [1.807, 2.05) is 6.07 Å². The number of carboxylic acids is 2. The summed E-state index contributed by atoms with van der Waals surface area (Å²) in [7, 11) is 0. The first kappa shape index (κ1) is 22.0. The predicted octanol–water partition coefficient (Wildman–Crippen LogP) is 3.13. The number of ether oxygens (including phenoxy) is 1. The smallest absolute Gasteiger partial charge is 0.325 e. The van der Waals surface area contributed by atoms with Crippen LogP contribution in [-0.4, -0.2) is 34.2 Å². The molecule has 0 radical (unpaired) electrons. The number of allylic oxidation sites excluding steroid dienone is 1. The molecule has 3 atom stereocenters. The molecule has 0 spiro atoms. The van der Waals surface area contributed by atoms with Crippen LogP contribution in [0.1, 0.15) is 51.0 Å². The Morgan fingerprint density at radius 3 is 2.27 bits per heavy atom. The van der Waals surface area contributed by atoms with Gasteiger partial charge in [0.15, 0.2) is 5.41 Å². The molecule has 7 heteroatoms. The van der Waals surface area contributed by atoms with Crippen molar-refractivity contribution >= 4 is 17.9 Å². The quantitative estimate of drug-likeness (QED) is 0.370. The highest BCUT2D eigenvalue weighted by Gasteiger charge is 2.63. The Bertz CT molecular complexity index is 845. The number of carbonyl (C=O) groups excluding carboxylic acids is 1. The molecule has 0 bridgehead atoms. The lowest BCUT2D eigenvalue weighted by Gasteiger charge is -2.46. The Balaban J connectivity index is 1.98. The normalized spacial score (nSPS) is 29.7. The number of nitrogens with two attached hydrogens (primary N) is 1. The van der Waals surface area contributed by atoms with Gasteiger partial charge >= 0.3 is 17.9 Å². The number of hydrogen-bond acceptors (Lipinski definition) is 5. The van der Waals surface area contributed by atoms with Crippen LogP contribution in [0.3, 0.4) is 0 Å². The minimum atomic E-state index is -2.15. The van der Waals surface area contributed by atoms with Gasteiger partial charge in [-0.15, -0.1) is 0 Å². The van der Waals surface area contributed by atoms with Crippen molar-refractivity contribution in [1.82, 2.24) is 0 Å². The second-order valence-electron chi connectivity index (χ2n) is 8.63. The summed E-state index contributed by atoms with van der Waals surface area (Å²) >= 11 is 0. The largest absolute Gasteiger partial charge is 0.481 e. The maximum absolute atomic E-state index is 13.2. The molecule has 1 fully saturated rings. The molecule has 0 heterocycles. The summed E-state index contributed by atoms with van der Waals surface area (Å²) in [6.45, 7) is 1.29. The standard InChI is InChI=1S/C23H29NO6/c1-22(19(25)26)12-17(16-10-6-3-7-11-16)13-23(18(22)24,20(27)28)21(29)30-14-15-8-4-2-5-9-15/h2,4-5,8-9,12,16,18H,3,6-7,10-11,13-14,24H2,1H3,(H,25,26)(H,27,28). The van der Waals surface area contributed by atoms with E-state index in [4.69, 9.17) is 10.5 Å². The maximum Gasteiger partial charge on any atom is 0.325 e. The van der Waals surface area contributed by atoms with Crippen LogP contribution in [0.2, 0.25) is 0 Å². The average molecular weight is 415 g/mol. The van der Waals surface area contributed by atoms with Gasteiger partial charge in [-0.1, -0.05) is 61.2 Å². The number of carboxylic acid groups (broad SMARTS) is 2. The van der Waals surface area contributed by atoms with E-state index in [0.29, 0.717) is 11.1 Å². The summed E-state index contributed by atoms with van der Waals surface area (Å²) in [5.41, 5.74) is 3.82. The molecule has 3 rings (SSSR count). The molecule has 1 aromatic carbocycles. The van der Waals surface area contributed by atoms with Gasteiger partial charge in [-0.3, -0.25) is 14.4 Å². The highest BCUT2D eigenvalue weighted by atomic mass is 16.5. The SMILES string of the molecule is CC1(C(=O)O)C=C(C2CCCCC2)CC(C(=O)O)(C(=O)OCc2ccccc2)C1N. The Morgan fingerprint density at radius 1 is 1.07 bits per heavy atom. The minimum Gasteiger partial charge on any atom is -0.481 e. The fourth-order valence-electron chi connectivity index (χ4n) is 4.75. The van der Waals surface area contributed by atoms with E-state index >= 15 is 0 Å². The molecular weight excluding hydrogens is 386 g/mol. The number of carbonyl (C=O) groups is 3. The number of esters is 1. The molecule has 0 aliphatic heterocycles. The van der Waals surface area contributed by atoms with Gasteiger partial charge in [-0.2, -0.15) is 0 Å². The van der Waals surface area contributed by atoms with Crippen molar-refractivity contribution in [3.63, 3.8) is 0 Å². The van der Waals surface area contributed by atoms with Gasteiger partial charge in [-0.25, -0.2) is 0 Å². The molecule has 1 aromatic rings. The van der Waals surface area contributed by atoms with Gasteiger partial charge in [-0.05, 0) is 37.7 Å². The lowest BCUT2D eigenvalue weighted by atomic mass is 9.58. The molecule has 0 amide bonds. The number of benzene rings is 1. The van der Waals surface area contributed by atoms with Crippen LogP contribution < -0.4 is 5.73 Å².